The van der Waals surface area contributed by atoms with E-state index in [9.17, 15) is 4.79 Å². The molecule has 28 heavy (non-hydrogen) atoms. The van der Waals surface area contributed by atoms with E-state index in [1.54, 1.807) is 22.7 Å². The molecule has 5 nitrogen and oxygen atoms in total. The average Bonchev–Trinajstić information content (AvgIpc) is 3.43. The van der Waals surface area contributed by atoms with E-state index in [2.05, 4.69) is 28.6 Å². The number of carbonyl (C=O) groups excluding carboxylic acids is 1. The number of benzene rings is 1. The average molecular weight is 417 g/mol. The lowest BCUT2D eigenvalue weighted by Gasteiger charge is -2.24. The Kier molecular flexibility index (Phi) is 6.36. The zero-order valence-electron chi connectivity index (χ0n) is 16.1. The molecule has 0 bridgehead atoms. The maximum atomic E-state index is 12.9. The molecule has 3 aromatic rings. The summed E-state index contributed by atoms with van der Waals surface area (Å²) in [6.45, 7) is 3.66. The van der Waals surface area contributed by atoms with Gasteiger partial charge in [-0.1, -0.05) is 18.2 Å². The third kappa shape index (κ3) is 4.97. The molecule has 1 amide bonds. The number of likely N-dealkylation sites (N-methyl/N-ethyl adjacent to an activating group) is 1. The van der Waals surface area contributed by atoms with E-state index in [0.29, 0.717) is 13.1 Å². The van der Waals surface area contributed by atoms with Crippen LogP contribution in [-0.4, -0.2) is 48.6 Å². The molecule has 1 N–H and O–H groups in total. The predicted molar refractivity (Wildman–Crippen MR) is 114 cm³/mol. The van der Waals surface area contributed by atoms with Crippen molar-refractivity contribution in [2.45, 2.75) is 32.0 Å². The van der Waals surface area contributed by atoms with Crippen LogP contribution in [0.3, 0.4) is 0 Å². The van der Waals surface area contributed by atoms with Crippen molar-refractivity contribution in [3.63, 3.8) is 0 Å². The van der Waals surface area contributed by atoms with E-state index >= 15 is 0 Å². The van der Waals surface area contributed by atoms with Gasteiger partial charge in [-0.2, -0.15) is 0 Å². The molecule has 4 rings (SSSR count). The standard InChI is InChI=1S/C21H25N3O2S2/c1-23(14-20-22-18-8-2-3-9-19(18)28-20)21(25)15-24(12-16-6-4-10-26-16)13-17-7-5-11-27-17/h2-3,5,7-9,11,16H,4,6,10,12-15H2,1H3/p+1/t16-/m0/s1. The number of thiazole rings is 1. The number of quaternary nitrogens is 1. The molecule has 148 valence electrons. The van der Waals surface area contributed by atoms with Crippen molar-refractivity contribution < 1.29 is 14.4 Å². The van der Waals surface area contributed by atoms with Crippen molar-refractivity contribution in [1.82, 2.24) is 9.88 Å². The monoisotopic (exact) mass is 416 g/mol. The molecule has 7 heteroatoms. The summed E-state index contributed by atoms with van der Waals surface area (Å²) in [7, 11) is 1.88. The van der Waals surface area contributed by atoms with Crippen LogP contribution < -0.4 is 4.90 Å². The number of amides is 1. The molecule has 2 aromatic heterocycles. The van der Waals surface area contributed by atoms with E-state index in [4.69, 9.17) is 4.74 Å². The Morgan fingerprint density at radius 2 is 2.21 bits per heavy atom. The first-order valence-electron chi connectivity index (χ1n) is 9.73. The van der Waals surface area contributed by atoms with Crippen molar-refractivity contribution in [3.8, 4) is 0 Å². The lowest BCUT2D eigenvalue weighted by atomic mass is 10.2. The second-order valence-corrected chi connectivity index (χ2v) is 9.49. The van der Waals surface area contributed by atoms with Gasteiger partial charge in [-0.3, -0.25) is 4.79 Å². The van der Waals surface area contributed by atoms with Crippen molar-refractivity contribution in [1.29, 1.82) is 0 Å². The summed E-state index contributed by atoms with van der Waals surface area (Å²) in [6, 6.07) is 12.3. The van der Waals surface area contributed by atoms with Crippen LogP contribution in [0.1, 0.15) is 22.7 Å². The lowest BCUT2D eigenvalue weighted by Crippen LogP contribution is -3.13. The fraction of sp³-hybridized carbons (Fsp3) is 0.429. The number of hydrogen-bond acceptors (Lipinski definition) is 5. The summed E-state index contributed by atoms with van der Waals surface area (Å²) >= 11 is 3.42. The maximum absolute atomic E-state index is 12.9. The molecule has 1 aliphatic rings. The Morgan fingerprint density at radius 3 is 2.96 bits per heavy atom. The van der Waals surface area contributed by atoms with Gasteiger partial charge < -0.3 is 14.5 Å². The highest BCUT2D eigenvalue weighted by atomic mass is 32.1. The molecule has 2 atom stereocenters. The zero-order chi connectivity index (χ0) is 19.3. The largest absolute Gasteiger partial charge is 0.372 e. The molecule has 1 fully saturated rings. The second-order valence-electron chi connectivity index (χ2n) is 7.35. The van der Waals surface area contributed by atoms with Crippen molar-refractivity contribution in [2.24, 2.45) is 0 Å². The number of rotatable bonds is 8. The number of aromatic nitrogens is 1. The van der Waals surface area contributed by atoms with Crippen molar-refractivity contribution >= 4 is 38.8 Å². The van der Waals surface area contributed by atoms with Gasteiger partial charge in [-0.05, 0) is 36.4 Å². The minimum absolute atomic E-state index is 0.156. The molecule has 1 saturated heterocycles. The van der Waals surface area contributed by atoms with Crippen LogP contribution >= 0.6 is 22.7 Å². The molecule has 1 unspecified atom stereocenters. The van der Waals surface area contributed by atoms with Gasteiger partial charge >= 0.3 is 0 Å². The number of nitrogens with zero attached hydrogens (tertiary/aromatic N) is 2. The first-order valence-corrected chi connectivity index (χ1v) is 11.4. The van der Waals surface area contributed by atoms with Crippen LogP contribution in [0.2, 0.25) is 0 Å². The summed E-state index contributed by atoms with van der Waals surface area (Å²) in [4.78, 5) is 22.0. The fourth-order valence-electron chi connectivity index (χ4n) is 3.62. The number of nitrogens with one attached hydrogen (secondary N) is 1. The third-order valence-corrected chi connectivity index (χ3v) is 6.98. The molecule has 0 aliphatic carbocycles. The summed E-state index contributed by atoms with van der Waals surface area (Å²) in [6.07, 6.45) is 2.50. The Bertz CT molecular complexity index is 870. The summed E-state index contributed by atoms with van der Waals surface area (Å²) in [5, 5.41) is 3.08. The maximum Gasteiger partial charge on any atom is 0.277 e. The van der Waals surface area contributed by atoms with Crippen molar-refractivity contribution in [2.75, 3.05) is 26.7 Å². The van der Waals surface area contributed by atoms with E-state index < -0.39 is 0 Å². The fourth-order valence-corrected chi connectivity index (χ4v) is 5.42. The number of fused-ring (bicyclic) bond motifs is 1. The summed E-state index contributed by atoms with van der Waals surface area (Å²) in [5.41, 5.74) is 1.01. The Hall–Kier alpha value is -1.80. The van der Waals surface area contributed by atoms with E-state index in [0.717, 1.165) is 43.1 Å². The van der Waals surface area contributed by atoms with E-state index in [-0.39, 0.29) is 12.0 Å². The van der Waals surface area contributed by atoms with E-state index in [1.807, 2.05) is 30.1 Å². The van der Waals surface area contributed by atoms with Gasteiger partial charge in [0.15, 0.2) is 6.54 Å². The van der Waals surface area contributed by atoms with Gasteiger partial charge in [0, 0.05) is 13.7 Å². The lowest BCUT2D eigenvalue weighted by molar-refractivity contribution is -0.908. The Labute approximate surface area is 173 Å². The van der Waals surface area contributed by atoms with Crippen LogP contribution in [-0.2, 0) is 22.6 Å². The normalized spacial score (nSPS) is 17.8. The highest BCUT2D eigenvalue weighted by Crippen LogP contribution is 2.22. The molecule has 1 aliphatic heterocycles. The molecule has 3 heterocycles. The number of carbonyl (C=O) groups is 1. The van der Waals surface area contributed by atoms with Gasteiger partial charge in [-0.25, -0.2) is 4.98 Å². The van der Waals surface area contributed by atoms with Crippen LogP contribution in [0.15, 0.2) is 41.8 Å². The predicted octanol–water partition coefficient (Wildman–Crippen LogP) is 2.58. The molecule has 0 saturated carbocycles. The van der Waals surface area contributed by atoms with Crippen molar-refractivity contribution in [3.05, 3.63) is 51.7 Å². The zero-order valence-corrected chi connectivity index (χ0v) is 17.7. The molecule has 0 radical (unpaired) electrons. The highest BCUT2D eigenvalue weighted by molar-refractivity contribution is 7.18. The van der Waals surface area contributed by atoms with Gasteiger partial charge in [-0.15, -0.1) is 22.7 Å². The quantitative estimate of drug-likeness (QED) is 0.614. The molecule has 1 aromatic carbocycles. The third-order valence-electron chi connectivity index (χ3n) is 5.08. The summed E-state index contributed by atoms with van der Waals surface area (Å²) in [5.74, 6) is 0.156. The number of thiophene rings is 1. The Balaban J connectivity index is 1.38. The van der Waals surface area contributed by atoms with Crippen LogP contribution in [0.5, 0.6) is 0 Å². The molecular weight excluding hydrogens is 390 g/mol. The van der Waals surface area contributed by atoms with Gasteiger partial charge in [0.1, 0.15) is 24.2 Å². The highest BCUT2D eigenvalue weighted by Gasteiger charge is 2.25. The second kappa shape index (κ2) is 9.13. The number of para-hydroxylation sites is 1. The van der Waals surface area contributed by atoms with Gasteiger partial charge in [0.2, 0.25) is 0 Å². The number of ether oxygens (including phenoxy) is 1. The van der Waals surface area contributed by atoms with Crippen LogP contribution in [0, 0.1) is 0 Å². The van der Waals surface area contributed by atoms with Crippen LogP contribution in [0.4, 0.5) is 0 Å². The van der Waals surface area contributed by atoms with E-state index in [1.165, 1.54) is 14.5 Å². The first-order chi connectivity index (χ1) is 13.7. The Morgan fingerprint density at radius 1 is 1.32 bits per heavy atom. The molecular formula is C21H26N3O2S2+. The minimum Gasteiger partial charge on any atom is -0.372 e. The van der Waals surface area contributed by atoms with Gasteiger partial charge in [0.25, 0.3) is 5.91 Å². The first kappa shape index (κ1) is 19.5. The summed E-state index contributed by atoms with van der Waals surface area (Å²) < 4.78 is 6.99. The number of hydrogen-bond donors (Lipinski definition) is 1. The SMILES string of the molecule is CN(Cc1nc2ccccc2s1)C(=O)C[NH+](Cc1cccs1)C[C@@H]1CCCO1. The topological polar surface area (TPSA) is 46.9 Å². The van der Waals surface area contributed by atoms with Crippen LogP contribution in [0.25, 0.3) is 10.2 Å². The smallest absolute Gasteiger partial charge is 0.277 e. The molecule has 0 spiro atoms. The van der Waals surface area contributed by atoms with Gasteiger partial charge in [0.05, 0.1) is 21.6 Å². The minimum atomic E-state index is 0.156.